The first-order chi connectivity index (χ1) is 23.2. The van der Waals surface area contributed by atoms with Gasteiger partial charge in [-0.25, -0.2) is 14.2 Å². The van der Waals surface area contributed by atoms with Gasteiger partial charge in [0.15, 0.2) is 5.96 Å². The van der Waals surface area contributed by atoms with Crippen molar-refractivity contribution in [3.05, 3.63) is 53.2 Å². The summed E-state index contributed by atoms with van der Waals surface area (Å²) < 4.78 is 115. The minimum absolute atomic E-state index is 0.0274. The van der Waals surface area contributed by atoms with Gasteiger partial charge in [0.2, 0.25) is 5.91 Å². The molecule has 50 heavy (non-hydrogen) atoms. The van der Waals surface area contributed by atoms with Gasteiger partial charge in [-0.1, -0.05) is 0 Å². The van der Waals surface area contributed by atoms with E-state index in [2.05, 4.69) is 41.2 Å². The van der Waals surface area contributed by atoms with Crippen LogP contribution in [-0.4, -0.2) is 88.7 Å². The molecule has 1 aliphatic rings. The third-order valence-electron chi connectivity index (χ3n) is 6.26. The fourth-order valence-electron chi connectivity index (χ4n) is 4.11. The highest BCUT2D eigenvalue weighted by Crippen LogP contribution is 2.35. The summed E-state index contributed by atoms with van der Waals surface area (Å²) in [5.74, 6) is -6.67. The molecule has 0 radical (unpaired) electrons. The van der Waals surface area contributed by atoms with E-state index in [0.29, 0.717) is 28.7 Å². The van der Waals surface area contributed by atoms with Gasteiger partial charge in [-0.05, 0) is 35.9 Å². The number of ether oxygens (including phenoxy) is 1. The number of nitrogens with one attached hydrogen (secondary N) is 5. The molecule has 1 aromatic heterocycles. The van der Waals surface area contributed by atoms with Crippen LogP contribution in [0.2, 0.25) is 0 Å². The van der Waals surface area contributed by atoms with Gasteiger partial charge in [-0.3, -0.25) is 19.5 Å². The molecule has 0 saturated heterocycles. The first-order valence-electron chi connectivity index (χ1n) is 13.7. The lowest BCUT2D eigenvalue weighted by Gasteiger charge is -2.20. The van der Waals surface area contributed by atoms with Crippen molar-refractivity contribution >= 4 is 46.3 Å². The van der Waals surface area contributed by atoms with Crippen LogP contribution in [0, 0.1) is 0 Å². The molecule has 2 atom stereocenters. The fourth-order valence-corrected chi connectivity index (χ4v) is 4.11. The molecule has 2 heterocycles. The fraction of sp³-hybridized carbons (Fsp3) is 0.333. The number of fused-ring (bicyclic) bond motifs is 1. The highest BCUT2D eigenvalue weighted by molar-refractivity contribution is 6.07. The van der Waals surface area contributed by atoms with Crippen molar-refractivity contribution in [2.75, 3.05) is 25.0 Å². The van der Waals surface area contributed by atoms with E-state index in [1.54, 1.807) is 0 Å². The number of amides is 2. The molecule has 2 aromatic carbocycles. The minimum Gasteiger partial charge on any atom is -0.481 e. The highest BCUT2D eigenvalue weighted by atomic mass is 19.4. The molecule has 272 valence electrons. The molecule has 0 saturated carbocycles. The van der Waals surface area contributed by atoms with Crippen molar-refractivity contribution in [2.45, 2.75) is 37.6 Å². The SMILES string of the molecule is O=C(O)C(F)(F)F.O=C(O)C[C@H](NC(=O)CNC(=O)c1cc(NC2=NCC(F)CN2)c2cn[nH]c2c1)c1cc(OC(F)F)cc(C(F)(F)F)c1. The van der Waals surface area contributed by atoms with Gasteiger partial charge in [0, 0.05) is 10.9 Å². The summed E-state index contributed by atoms with van der Waals surface area (Å²) in [4.78, 5) is 49.8. The lowest BCUT2D eigenvalue weighted by atomic mass is 10.00. The molecule has 0 spiro atoms. The van der Waals surface area contributed by atoms with Gasteiger partial charge < -0.3 is 36.2 Å². The number of hydrogen-bond donors (Lipinski definition) is 7. The molecule has 14 nitrogen and oxygen atoms in total. The van der Waals surface area contributed by atoms with Gasteiger partial charge in [0.05, 0.1) is 55.1 Å². The van der Waals surface area contributed by atoms with Crippen LogP contribution >= 0.6 is 0 Å². The molecule has 23 heteroatoms. The van der Waals surface area contributed by atoms with Crippen molar-refractivity contribution < 1.29 is 73.6 Å². The average Bonchev–Trinajstić information content (AvgIpc) is 3.49. The van der Waals surface area contributed by atoms with Crippen LogP contribution in [0.4, 0.5) is 45.2 Å². The van der Waals surface area contributed by atoms with Crippen molar-refractivity contribution in [3.63, 3.8) is 0 Å². The van der Waals surface area contributed by atoms with Gasteiger partial charge in [-0.15, -0.1) is 0 Å². The number of aliphatic imine (C=N–C) groups is 1. The van der Waals surface area contributed by atoms with E-state index >= 15 is 0 Å². The van der Waals surface area contributed by atoms with E-state index in [4.69, 9.17) is 9.90 Å². The Morgan fingerprint density at radius 2 is 1.70 bits per heavy atom. The van der Waals surface area contributed by atoms with E-state index in [0.717, 1.165) is 6.07 Å². The largest absolute Gasteiger partial charge is 0.490 e. The Balaban J connectivity index is 0.000000872. The maximum atomic E-state index is 13.4. The Morgan fingerprint density at radius 1 is 1.02 bits per heavy atom. The number of aromatic nitrogens is 2. The second-order valence-corrected chi connectivity index (χ2v) is 10.0. The van der Waals surface area contributed by atoms with Gasteiger partial charge in [-0.2, -0.15) is 40.2 Å². The number of carboxylic acids is 2. The number of hydrogen-bond acceptors (Lipinski definition) is 9. The second-order valence-electron chi connectivity index (χ2n) is 10.0. The van der Waals surface area contributed by atoms with E-state index in [1.165, 1.54) is 18.3 Å². The number of halogens is 9. The number of benzene rings is 2. The molecule has 1 unspecified atom stereocenters. The molecular weight excluding hydrogens is 705 g/mol. The van der Waals surface area contributed by atoms with Crippen molar-refractivity contribution in [2.24, 2.45) is 4.99 Å². The third-order valence-corrected chi connectivity index (χ3v) is 6.26. The lowest BCUT2D eigenvalue weighted by Crippen LogP contribution is -2.41. The predicted molar refractivity (Wildman–Crippen MR) is 152 cm³/mol. The summed E-state index contributed by atoms with van der Waals surface area (Å²) in [7, 11) is 0. The van der Waals surface area contributed by atoms with Crippen LogP contribution in [0.25, 0.3) is 10.9 Å². The van der Waals surface area contributed by atoms with Gasteiger partial charge in [0.1, 0.15) is 11.9 Å². The van der Waals surface area contributed by atoms with Crippen LogP contribution in [0.3, 0.4) is 0 Å². The zero-order chi connectivity index (χ0) is 37.4. The van der Waals surface area contributed by atoms with Crippen LogP contribution in [0.5, 0.6) is 5.75 Å². The minimum atomic E-state index is -5.08. The molecular formula is C27H24F9N7O7. The number of carbonyl (C=O) groups excluding carboxylic acids is 2. The summed E-state index contributed by atoms with van der Waals surface area (Å²) in [5.41, 5.74) is -1.03. The number of carbonyl (C=O) groups is 4. The highest BCUT2D eigenvalue weighted by Gasteiger charge is 2.38. The first kappa shape index (κ1) is 38.7. The molecule has 3 aromatic rings. The summed E-state index contributed by atoms with van der Waals surface area (Å²) in [5, 5.41) is 33.8. The number of nitrogens with zero attached hydrogens (tertiary/aromatic N) is 2. The van der Waals surface area contributed by atoms with Crippen molar-refractivity contribution in [1.29, 1.82) is 0 Å². The molecule has 4 rings (SSSR count). The molecule has 0 bridgehead atoms. The molecule has 0 aliphatic carbocycles. The molecule has 0 fully saturated rings. The topological polar surface area (TPSA) is 207 Å². The van der Waals surface area contributed by atoms with Crippen LogP contribution < -0.4 is 26.0 Å². The van der Waals surface area contributed by atoms with E-state index < -0.39 is 84.8 Å². The second kappa shape index (κ2) is 16.1. The summed E-state index contributed by atoms with van der Waals surface area (Å²) >= 11 is 0. The Morgan fingerprint density at radius 3 is 2.26 bits per heavy atom. The Bertz CT molecular complexity index is 1750. The van der Waals surface area contributed by atoms with Crippen molar-refractivity contribution in [1.82, 2.24) is 26.1 Å². The number of anilines is 1. The number of guanidine groups is 1. The smallest absolute Gasteiger partial charge is 0.481 e. The number of aliphatic carboxylic acids is 2. The standard InChI is InChI=1S/C25H23F6N7O5.C2HF3O2/c26-14-7-33-24(34-8-14)37-18-3-12(4-19-16(18)9-35-38-19)22(42)32-10-20(39)36-17(6-21(40)41)11-1-13(25(29,30)31)5-15(2-11)43-23(27)28;3-2(4,5)1(6)7/h1-5,9,14,17,23H,6-8,10H2,(H,32,42)(H,35,38)(H,36,39)(H,40,41)(H2,33,34,37);(H,6,7)/t17-;/m0./s1. The Labute approximate surface area is 273 Å². The Hall–Kier alpha value is -5.77. The quantitative estimate of drug-likeness (QED) is 0.151. The first-order valence-corrected chi connectivity index (χ1v) is 13.7. The average molecular weight is 730 g/mol. The van der Waals surface area contributed by atoms with Crippen LogP contribution in [0.15, 0.2) is 41.5 Å². The van der Waals surface area contributed by atoms with Gasteiger partial charge >= 0.3 is 30.9 Å². The normalized spacial score (nSPS) is 15.2. The van der Waals surface area contributed by atoms with Gasteiger partial charge in [0.25, 0.3) is 5.91 Å². The molecule has 1 aliphatic heterocycles. The van der Waals surface area contributed by atoms with E-state index in [-0.39, 0.29) is 24.6 Å². The maximum Gasteiger partial charge on any atom is 0.490 e. The zero-order valence-electron chi connectivity index (χ0n) is 24.8. The third kappa shape index (κ3) is 11.4. The number of carboxylic acid groups (broad SMARTS) is 2. The molecule has 2 amide bonds. The number of aromatic amines is 1. The van der Waals surface area contributed by atoms with E-state index in [1.807, 2.05) is 0 Å². The predicted octanol–water partition coefficient (Wildman–Crippen LogP) is 3.59. The number of H-pyrrole nitrogens is 1. The summed E-state index contributed by atoms with van der Waals surface area (Å²) in [6.45, 7) is -4.24. The number of alkyl halides is 9. The lowest BCUT2D eigenvalue weighted by molar-refractivity contribution is -0.192. The number of rotatable bonds is 10. The van der Waals surface area contributed by atoms with Crippen LogP contribution in [0.1, 0.15) is 33.9 Å². The Kier molecular flexibility index (Phi) is 12.4. The summed E-state index contributed by atoms with van der Waals surface area (Å²) in [6.07, 6.45) is -10.7. The maximum absolute atomic E-state index is 13.4. The summed E-state index contributed by atoms with van der Waals surface area (Å²) in [6, 6.07) is 2.80. The van der Waals surface area contributed by atoms with Crippen LogP contribution in [-0.2, 0) is 20.6 Å². The molecule has 7 N–H and O–H groups in total. The van der Waals surface area contributed by atoms with E-state index in [9.17, 15) is 59.0 Å². The zero-order valence-corrected chi connectivity index (χ0v) is 24.8. The van der Waals surface area contributed by atoms with Crippen molar-refractivity contribution in [3.8, 4) is 5.75 Å². The monoisotopic (exact) mass is 729 g/mol.